The summed E-state index contributed by atoms with van der Waals surface area (Å²) in [6, 6.07) is 0. The van der Waals surface area contributed by atoms with E-state index in [0.29, 0.717) is 12.8 Å². The molecule has 1 aliphatic heterocycles. The molecular formula is C15H20O4. The van der Waals surface area contributed by atoms with Gasteiger partial charge in [-0.25, -0.2) is 0 Å². The van der Waals surface area contributed by atoms with Gasteiger partial charge >= 0.3 is 5.97 Å². The lowest BCUT2D eigenvalue weighted by molar-refractivity contribution is -0.146. The topological polar surface area (TPSA) is 63.6 Å². The molecule has 0 radical (unpaired) electrons. The summed E-state index contributed by atoms with van der Waals surface area (Å²) in [5.41, 5.74) is 1.42. The van der Waals surface area contributed by atoms with Crippen LogP contribution in [0.25, 0.3) is 0 Å². The quantitative estimate of drug-likeness (QED) is 0.675. The normalized spacial score (nSPS) is 45.9. The van der Waals surface area contributed by atoms with E-state index in [9.17, 15) is 14.7 Å². The molecule has 0 aromatic rings. The highest BCUT2D eigenvalue weighted by Crippen LogP contribution is 2.54. The summed E-state index contributed by atoms with van der Waals surface area (Å²) in [7, 11) is 0. The van der Waals surface area contributed by atoms with Gasteiger partial charge in [-0.2, -0.15) is 0 Å². The van der Waals surface area contributed by atoms with Gasteiger partial charge in [0.1, 0.15) is 6.10 Å². The standard InChI is InChI=1S/C15H20O4/c1-7-9-4-10-8(2)11(16)5-13(17)15(10,3)6-12(9)19-14(7)18/h7,9,12-13,17H,4-6H2,1-3H3/t7-,9-,12-,13?,15+/m1/s1. The summed E-state index contributed by atoms with van der Waals surface area (Å²) in [5, 5.41) is 10.3. The fourth-order valence-electron chi connectivity index (χ4n) is 3.99. The van der Waals surface area contributed by atoms with Crippen molar-refractivity contribution in [3.63, 3.8) is 0 Å². The van der Waals surface area contributed by atoms with E-state index >= 15 is 0 Å². The number of esters is 1. The van der Waals surface area contributed by atoms with Crippen LogP contribution in [0, 0.1) is 17.3 Å². The molecule has 5 atom stereocenters. The maximum atomic E-state index is 11.9. The highest BCUT2D eigenvalue weighted by Gasteiger charge is 2.55. The smallest absolute Gasteiger partial charge is 0.309 e. The molecular weight excluding hydrogens is 244 g/mol. The van der Waals surface area contributed by atoms with Gasteiger partial charge in [-0.3, -0.25) is 9.59 Å². The van der Waals surface area contributed by atoms with Crippen LogP contribution in [0.5, 0.6) is 0 Å². The van der Waals surface area contributed by atoms with Crippen molar-refractivity contribution in [2.45, 2.75) is 52.2 Å². The number of aliphatic hydroxyl groups is 1. The zero-order valence-electron chi connectivity index (χ0n) is 11.6. The SMILES string of the molecule is CC1=C2C[C@H]3[C@@H](C[C@]2(C)C(O)CC1=O)OC(=O)[C@@H]3C. The van der Waals surface area contributed by atoms with E-state index in [0.717, 1.165) is 11.1 Å². The number of carbonyl (C=O) groups excluding carboxylic acids is 2. The van der Waals surface area contributed by atoms with E-state index in [2.05, 4.69) is 0 Å². The maximum Gasteiger partial charge on any atom is 0.309 e. The molecule has 1 unspecified atom stereocenters. The van der Waals surface area contributed by atoms with Crippen LogP contribution in [0.3, 0.4) is 0 Å². The second-order valence-electron chi connectivity index (χ2n) is 6.50. The molecule has 4 nitrogen and oxygen atoms in total. The number of ether oxygens (including phenoxy) is 1. The van der Waals surface area contributed by atoms with Crippen LogP contribution in [0.15, 0.2) is 11.1 Å². The number of allylic oxidation sites excluding steroid dienone is 1. The van der Waals surface area contributed by atoms with E-state index in [1.54, 1.807) is 0 Å². The molecule has 1 N–H and O–H groups in total. The lowest BCUT2D eigenvalue weighted by atomic mass is 9.58. The van der Waals surface area contributed by atoms with Crippen LogP contribution in [-0.2, 0) is 14.3 Å². The van der Waals surface area contributed by atoms with Crippen molar-refractivity contribution >= 4 is 11.8 Å². The molecule has 0 aromatic carbocycles. The molecule has 1 saturated carbocycles. The zero-order chi connectivity index (χ0) is 13.9. The molecule has 3 rings (SSSR count). The Kier molecular flexibility index (Phi) is 2.65. The monoisotopic (exact) mass is 264 g/mol. The second kappa shape index (κ2) is 3.92. The van der Waals surface area contributed by atoms with Crippen molar-refractivity contribution in [1.82, 2.24) is 0 Å². The summed E-state index contributed by atoms with van der Waals surface area (Å²) in [6.45, 7) is 5.74. The van der Waals surface area contributed by atoms with Crippen molar-refractivity contribution in [2.75, 3.05) is 0 Å². The summed E-state index contributed by atoms with van der Waals surface area (Å²) in [4.78, 5) is 23.6. The summed E-state index contributed by atoms with van der Waals surface area (Å²) in [6.07, 6.45) is 0.755. The Morgan fingerprint density at radius 2 is 2.00 bits per heavy atom. The van der Waals surface area contributed by atoms with Gasteiger partial charge in [0.25, 0.3) is 0 Å². The highest BCUT2D eigenvalue weighted by atomic mass is 16.6. The van der Waals surface area contributed by atoms with Crippen molar-refractivity contribution in [2.24, 2.45) is 17.3 Å². The van der Waals surface area contributed by atoms with Crippen molar-refractivity contribution in [3.8, 4) is 0 Å². The van der Waals surface area contributed by atoms with Crippen molar-refractivity contribution in [3.05, 3.63) is 11.1 Å². The fraction of sp³-hybridized carbons (Fsp3) is 0.733. The van der Waals surface area contributed by atoms with Crippen LogP contribution in [-0.4, -0.2) is 29.1 Å². The number of carbonyl (C=O) groups is 2. The van der Waals surface area contributed by atoms with Crippen LogP contribution in [0.1, 0.15) is 40.0 Å². The fourth-order valence-corrected chi connectivity index (χ4v) is 3.99. The Balaban J connectivity index is 2.04. The predicted octanol–water partition coefficient (Wildman–Crippen LogP) is 1.61. The minimum atomic E-state index is -0.658. The van der Waals surface area contributed by atoms with E-state index < -0.39 is 11.5 Å². The number of Topliss-reactive ketones (excluding diaryl/α,β-unsaturated/α-hetero) is 1. The van der Waals surface area contributed by atoms with Gasteiger partial charge in [-0.1, -0.05) is 19.4 Å². The van der Waals surface area contributed by atoms with Gasteiger partial charge < -0.3 is 9.84 Å². The molecule has 2 fully saturated rings. The average Bonchev–Trinajstić information content (AvgIpc) is 2.61. The van der Waals surface area contributed by atoms with Gasteiger partial charge in [0.2, 0.25) is 0 Å². The molecule has 0 amide bonds. The summed E-state index contributed by atoms with van der Waals surface area (Å²) in [5.74, 6) is -0.0553. The average molecular weight is 264 g/mol. The van der Waals surface area contributed by atoms with Crippen LogP contribution in [0.4, 0.5) is 0 Å². The van der Waals surface area contributed by atoms with Crippen LogP contribution in [0.2, 0.25) is 0 Å². The number of ketones is 1. The van der Waals surface area contributed by atoms with Gasteiger partial charge in [0.15, 0.2) is 5.78 Å². The lowest BCUT2D eigenvalue weighted by Gasteiger charge is -2.47. The number of hydrogen-bond donors (Lipinski definition) is 1. The van der Waals surface area contributed by atoms with E-state index in [4.69, 9.17) is 4.74 Å². The van der Waals surface area contributed by atoms with Crippen molar-refractivity contribution in [1.29, 1.82) is 0 Å². The summed E-state index contributed by atoms with van der Waals surface area (Å²) < 4.78 is 5.44. The minimum Gasteiger partial charge on any atom is -0.462 e. The van der Waals surface area contributed by atoms with E-state index in [1.165, 1.54) is 0 Å². The third kappa shape index (κ3) is 1.62. The molecule has 0 aromatic heterocycles. The first-order valence-electron chi connectivity index (χ1n) is 6.96. The second-order valence-corrected chi connectivity index (χ2v) is 6.50. The lowest BCUT2D eigenvalue weighted by Crippen LogP contribution is -2.48. The van der Waals surface area contributed by atoms with Gasteiger partial charge in [-0.15, -0.1) is 0 Å². The number of rotatable bonds is 0. The Morgan fingerprint density at radius 3 is 2.68 bits per heavy atom. The molecule has 104 valence electrons. The highest BCUT2D eigenvalue weighted by molar-refractivity contribution is 5.97. The van der Waals surface area contributed by atoms with Gasteiger partial charge in [0.05, 0.1) is 12.0 Å². The first-order chi connectivity index (χ1) is 8.84. The Hall–Kier alpha value is -1.16. The maximum absolute atomic E-state index is 11.9. The van der Waals surface area contributed by atoms with Crippen molar-refractivity contribution < 1.29 is 19.4 Å². The Morgan fingerprint density at radius 1 is 1.32 bits per heavy atom. The molecule has 19 heavy (non-hydrogen) atoms. The van der Waals surface area contributed by atoms with Crippen LogP contribution >= 0.6 is 0 Å². The Bertz CT molecular complexity index is 492. The third-order valence-electron chi connectivity index (χ3n) is 5.50. The first-order valence-corrected chi connectivity index (χ1v) is 6.96. The predicted molar refractivity (Wildman–Crippen MR) is 68.2 cm³/mol. The zero-order valence-corrected chi connectivity index (χ0v) is 11.6. The molecule has 4 heteroatoms. The van der Waals surface area contributed by atoms with E-state index in [1.807, 2.05) is 20.8 Å². The molecule has 1 heterocycles. The largest absolute Gasteiger partial charge is 0.462 e. The van der Waals surface area contributed by atoms with Crippen LogP contribution < -0.4 is 0 Å². The number of fused-ring (bicyclic) bond motifs is 2. The Labute approximate surface area is 112 Å². The molecule has 3 aliphatic rings. The molecule has 0 spiro atoms. The molecule has 0 bridgehead atoms. The summed E-state index contributed by atoms with van der Waals surface area (Å²) >= 11 is 0. The molecule has 2 aliphatic carbocycles. The van der Waals surface area contributed by atoms with Gasteiger partial charge in [-0.05, 0) is 25.3 Å². The third-order valence-corrected chi connectivity index (χ3v) is 5.50. The van der Waals surface area contributed by atoms with E-state index in [-0.39, 0.29) is 36.1 Å². The minimum absolute atomic E-state index is 0.0383. The number of hydrogen-bond acceptors (Lipinski definition) is 4. The van der Waals surface area contributed by atoms with Gasteiger partial charge in [0, 0.05) is 17.8 Å². The first kappa shape index (κ1) is 12.9. The molecule has 1 saturated heterocycles. The number of aliphatic hydroxyl groups excluding tert-OH is 1.